The lowest BCUT2D eigenvalue weighted by atomic mass is 10.0. The van der Waals surface area contributed by atoms with Crippen LogP contribution >= 0.6 is 0 Å². The number of nitrogens with one attached hydrogen (secondary N) is 1. The molecule has 0 unspecified atom stereocenters. The van der Waals surface area contributed by atoms with Gasteiger partial charge in [-0.1, -0.05) is 18.2 Å². The van der Waals surface area contributed by atoms with Crippen molar-refractivity contribution in [2.75, 3.05) is 6.54 Å². The number of aliphatic hydroxyl groups excluding tert-OH is 1. The Bertz CT molecular complexity index is 584. The molecule has 0 spiro atoms. The van der Waals surface area contributed by atoms with Crippen LogP contribution in [0.25, 0.3) is 0 Å². The molecule has 2 rings (SSSR count). The maximum Gasteiger partial charge on any atom is 0.416 e. The van der Waals surface area contributed by atoms with E-state index in [0.29, 0.717) is 6.54 Å². The van der Waals surface area contributed by atoms with Crippen molar-refractivity contribution >= 4 is 0 Å². The monoisotopic (exact) mass is 313 g/mol. The van der Waals surface area contributed by atoms with Crippen molar-refractivity contribution in [2.45, 2.75) is 31.8 Å². The molecule has 0 aliphatic heterocycles. The molecule has 0 saturated heterocycles. The molecular weight excluding hydrogens is 295 g/mol. The number of alkyl halides is 3. The van der Waals surface area contributed by atoms with E-state index >= 15 is 0 Å². The van der Waals surface area contributed by atoms with E-state index in [1.54, 1.807) is 23.1 Å². The summed E-state index contributed by atoms with van der Waals surface area (Å²) in [5, 5.41) is 17.1. The first-order valence-corrected chi connectivity index (χ1v) is 6.93. The molecule has 1 heterocycles. The third-order valence-electron chi connectivity index (χ3n) is 3.30. The molecule has 0 saturated carbocycles. The van der Waals surface area contributed by atoms with Crippen LogP contribution in [0.2, 0.25) is 0 Å². The minimum Gasteiger partial charge on any atom is -0.387 e. The minimum atomic E-state index is -4.47. The summed E-state index contributed by atoms with van der Waals surface area (Å²) < 4.78 is 40.5. The normalized spacial score (nSPS) is 14.8. The first-order valence-electron chi connectivity index (χ1n) is 6.93. The van der Waals surface area contributed by atoms with Crippen LogP contribution in [-0.2, 0) is 12.7 Å². The second kappa shape index (κ2) is 6.93. The highest BCUT2D eigenvalue weighted by Gasteiger charge is 2.34. The van der Waals surface area contributed by atoms with Gasteiger partial charge in [-0.3, -0.25) is 4.68 Å². The van der Waals surface area contributed by atoms with Gasteiger partial charge in [0.25, 0.3) is 0 Å². The smallest absolute Gasteiger partial charge is 0.387 e. The molecule has 2 atom stereocenters. The Hall–Kier alpha value is -1.86. The Labute approximate surface area is 126 Å². The number of aromatic nitrogens is 2. The lowest BCUT2D eigenvalue weighted by molar-refractivity contribution is -0.139. The third kappa shape index (κ3) is 4.32. The predicted molar refractivity (Wildman–Crippen MR) is 76.1 cm³/mol. The zero-order chi connectivity index (χ0) is 16.2. The molecule has 2 N–H and O–H groups in total. The van der Waals surface area contributed by atoms with Crippen LogP contribution in [0.1, 0.15) is 24.2 Å². The summed E-state index contributed by atoms with van der Waals surface area (Å²) in [5.41, 5.74) is -0.919. The molecule has 0 aliphatic rings. The van der Waals surface area contributed by atoms with Gasteiger partial charge in [0.2, 0.25) is 0 Å². The molecule has 0 radical (unpaired) electrons. The Kier molecular flexibility index (Phi) is 5.20. The van der Waals surface area contributed by atoms with E-state index in [9.17, 15) is 18.3 Å². The van der Waals surface area contributed by atoms with Crippen molar-refractivity contribution in [2.24, 2.45) is 0 Å². The van der Waals surface area contributed by atoms with Crippen molar-refractivity contribution in [3.8, 4) is 0 Å². The van der Waals surface area contributed by atoms with Gasteiger partial charge in [-0.25, -0.2) is 0 Å². The zero-order valence-corrected chi connectivity index (χ0v) is 12.1. The molecule has 1 aromatic carbocycles. The van der Waals surface area contributed by atoms with Gasteiger partial charge in [-0.2, -0.15) is 18.3 Å². The van der Waals surface area contributed by atoms with Crippen LogP contribution in [0.15, 0.2) is 42.7 Å². The Morgan fingerprint density at radius 1 is 1.27 bits per heavy atom. The molecule has 7 heteroatoms. The fraction of sp³-hybridized carbons (Fsp3) is 0.400. The fourth-order valence-corrected chi connectivity index (χ4v) is 2.22. The summed E-state index contributed by atoms with van der Waals surface area (Å²) in [6.07, 6.45) is -2.25. The number of nitrogens with zero attached hydrogens (tertiary/aromatic N) is 2. The minimum absolute atomic E-state index is 0.0346. The molecule has 4 nitrogen and oxygen atoms in total. The number of halogens is 3. The van der Waals surface area contributed by atoms with Crippen molar-refractivity contribution in [1.82, 2.24) is 15.1 Å². The van der Waals surface area contributed by atoms with Gasteiger partial charge in [0.05, 0.1) is 18.2 Å². The summed E-state index contributed by atoms with van der Waals surface area (Å²) in [6.45, 7) is 2.49. The third-order valence-corrected chi connectivity index (χ3v) is 3.30. The van der Waals surface area contributed by atoms with E-state index in [1.165, 1.54) is 18.2 Å². The van der Waals surface area contributed by atoms with Gasteiger partial charge in [0.15, 0.2) is 0 Å². The average Bonchev–Trinajstić information content (AvgIpc) is 2.96. The first-order chi connectivity index (χ1) is 10.4. The molecule has 120 valence electrons. The summed E-state index contributed by atoms with van der Waals surface area (Å²) in [6, 6.07) is 6.83. The molecule has 1 aromatic heterocycles. The molecular formula is C15H18F3N3O. The SMILES string of the molecule is C[C@H](Cn1cccn1)NC[C@H](O)c1ccccc1C(F)(F)F. The second-order valence-corrected chi connectivity index (χ2v) is 5.14. The topological polar surface area (TPSA) is 50.1 Å². The first kappa shape index (κ1) is 16.5. The van der Waals surface area contributed by atoms with E-state index in [-0.39, 0.29) is 18.2 Å². The van der Waals surface area contributed by atoms with E-state index in [2.05, 4.69) is 10.4 Å². The summed E-state index contributed by atoms with van der Waals surface area (Å²) >= 11 is 0. The highest BCUT2D eigenvalue weighted by molar-refractivity contribution is 5.31. The summed E-state index contributed by atoms with van der Waals surface area (Å²) in [5.74, 6) is 0. The van der Waals surface area contributed by atoms with Crippen LogP contribution in [-0.4, -0.2) is 27.5 Å². The lowest BCUT2D eigenvalue weighted by Gasteiger charge is -2.20. The number of hydrogen-bond acceptors (Lipinski definition) is 3. The zero-order valence-electron chi connectivity index (χ0n) is 12.1. The van der Waals surface area contributed by atoms with Gasteiger partial charge < -0.3 is 10.4 Å². The Morgan fingerprint density at radius 3 is 2.64 bits per heavy atom. The average molecular weight is 313 g/mol. The Balaban J connectivity index is 1.96. The largest absolute Gasteiger partial charge is 0.416 e. The standard InChI is InChI=1S/C15H18F3N3O/c1-11(10-21-8-4-7-20-21)19-9-14(22)12-5-2-3-6-13(12)15(16,17)18/h2-8,11,14,19,22H,9-10H2,1H3/t11-,14+/m1/s1. The summed E-state index contributed by atoms with van der Waals surface area (Å²) in [4.78, 5) is 0. The van der Waals surface area contributed by atoms with Crippen LogP contribution in [0.4, 0.5) is 13.2 Å². The maximum atomic E-state index is 12.9. The maximum absolute atomic E-state index is 12.9. The number of benzene rings is 1. The highest BCUT2D eigenvalue weighted by Crippen LogP contribution is 2.34. The van der Waals surface area contributed by atoms with Crippen LogP contribution in [0.3, 0.4) is 0 Å². The van der Waals surface area contributed by atoms with Gasteiger partial charge in [0, 0.05) is 25.0 Å². The lowest BCUT2D eigenvalue weighted by Crippen LogP contribution is -2.34. The van der Waals surface area contributed by atoms with E-state index in [4.69, 9.17) is 0 Å². The van der Waals surface area contributed by atoms with Crippen molar-refractivity contribution in [3.05, 3.63) is 53.9 Å². The fourth-order valence-electron chi connectivity index (χ4n) is 2.22. The second-order valence-electron chi connectivity index (χ2n) is 5.14. The van der Waals surface area contributed by atoms with Crippen LogP contribution < -0.4 is 5.32 Å². The molecule has 0 amide bonds. The van der Waals surface area contributed by atoms with Crippen LogP contribution in [0, 0.1) is 0 Å². The number of hydrogen-bond donors (Lipinski definition) is 2. The molecule has 0 aliphatic carbocycles. The van der Waals surface area contributed by atoms with E-state index in [1.807, 2.05) is 6.92 Å². The molecule has 2 aromatic rings. The van der Waals surface area contributed by atoms with E-state index in [0.717, 1.165) is 6.07 Å². The van der Waals surface area contributed by atoms with Gasteiger partial charge >= 0.3 is 6.18 Å². The predicted octanol–water partition coefficient (Wildman–Crippen LogP) is 2.61. The van der Waals surface area contributed by atoms with Gasteiger partial charge in [-0.05, 0) is 24.6 Å². The van der Waals surface area contributed by atoms with Crippen molar-refractivity contribution in [1.29, 1.82) is 0 Å². The molecule has 0 fully saturated rings. The number of rotatable bonds is 6. The summed E-state index contributed by atoms with van der Waals surface area (Å²) in [7, 11) is 0. The van der Waals surface area contributed by atoms with Crippen molar-refractivity contribution < 1.29 is 18.3 Å². The number of aliphatic hydroxyl groups is 1. The van der Waals surface area contributed by atoms with Gasteiger partial charge in [0.1, 0.15) is 0 Å². The van der Waals surface area contributed by atoms with Crippen LogP contribution in [0.5, 0.6) is 0 Å². The van der Waals surface area contributed by atoms with Crippen molar-refractivity contribution in [3.63, 3.8) is 0 Å². The quantitative estimate of drug-likeness (QED) is 0.862. The van der Waals surface area contributed by atoms with Gasteiger partial charge in [-0.15, -0.1) is 0 Å². The molecule has 0 bridgehead atoms. The highest BCUT2D eigenvalue weighted by atomic mass is 19.4. The molecule has 22 heavy (non-hydrogen) atoms. The van der Waals surface area contributed by atoms with E-state index < -0.39 is 17.8 Å². The Morgan fingerprint density at radius 2 is 2.00 bits per heavy atom.